The van der Waals surface area contributed by atoms with E-state index in [1.54, 1.807) is 6.07 Å². The van der Waals surface area contributed by atoms with Crippen LogP contribution in [0.15, 0.2) is 17.5 Å². The Labute approximate surface area is 90.7 Å². The molecule has 1 aromatic carbocycles. The predicted octanol–water partition coefficient (Wildman–Crippen LogP) is 3.66. The van der Waals surface area contributed by atoms with Crippen LogP contribution in [0.4, 0.5) is 0 Å². The van der Waals surface area contributed by atoms with Crippen LogP contribution in [0.2, 0.25) is 5.02 Å². The number of aromatic hydroxyl groups is 1. The fourth-order valence-electron chi connectivity index (χ4n) is 1.31. The molecule has 0 unspecified atom stereocenters. The third kappa shape index (κ3) is 1.42. The second-order valence-corrected chi connectivity index (χ2v) is 4.09. The molecule has 2 aromatic rings. The Hall–Kier alpha value is -0.930. The molecule has 0 aliphatic carbocycles. The monoisotopic (exact) mass is 228 g/mol. The number of phenolic OH excluding ortho intramolecular Hbond substituents is 1. The molecule has 0 radical (unpaired) electrons. The molecule has 2 nitrogen and oxygen atoms in total. The van der Waals surface area contributed by atoms with E-state index in [1.807, 2.05) is 18.4 Å². The summed E-state index contributed by atoms with van der Waals surface area (Å²) in [5.74, 6) is 0.694. The largest absolute Gasteiger partial charge is 0.503 e. The lowest BCUT2D eigenvalue weighted by Gasteiger charge is -2.05. The third-order valence-corrected chi connectivity index (χ3v) is 3.38. The number of rotatable bonds is 2. The van der Waals surface area contributed by atoms with Gasteiger partial charge in [0.1, 0.15) is 0 Å². The predicted molar refractivity (Wildman–Crippen MR) is 59.7 cm³/mol. The Kier molecular flexibility index (Phi) is 2.52. The summed E-state index contributed by atoms with van der Waals surface area (Å²) in [7, 11) is 0. The van der Waals surface area contributed by atoms with Crippen molar-refractivity contribution < 1.29 is 9.84 Å². The number of ether oxygens (including phenoxy) is 1. The SMILES string of the molecule is CCOc1ccc2c(Cl)csc2c1O. The van der Waals surface area contributed by atoms with Gasteiger partial charge in [-0.3, -0.25) is 0 Å². The van der Waals surface area contributed by atoms with Crippen molar-refractivity contribution >= 4 is 33.0 Å². The second-order valence-electron chi connectivity index (χ2n) is 2.81. The highest BCUT2D eigenvalue weighted by Gasteiger charge is 2.10. The van der Waals surface area contributed by atoms with Crippen molar-refractivity contribution in [2.75, 3.05) is 6.61 Å². The standard InChI is InChI=1S/C10H9ClO2S/c1-2-13-8-4-3-6-7(11)5-14-10(6)9(8)12/h3-5,12H,2H2,1H3. The van der Waals surface area contributed by atoms with Gasteiger partial charge in [-0.25, -0.2) is 0 Å². The van der Waals surface area contributed by atoms with E-state index in [4.69, 9.17) is 16.3 Å². The van der Waals surface area contributed by atoms with Crippen LogP contribution in [0.1, 0.15) is 6.92 Å². The zero-order chi connectivity index (χ0) is 10.1. The molecule has 0 fully saturated rings. The van der Waals surface area contributed by atoms with Gasteiger partial charge in [0.15, 0.2) is 11.5 Å². The van der Waals surface area contributed by atoms with Crippen LogP contribution in [0.25, 0.3) is 10.1 Å². The summed E-state index contributed by atoms with van der Waals surface area (Å²) in [4.78, 5) is 0. The average Bonchev–Trinajstić information content (AvgIpc) is 2.54. The average molecular weight is 229 g/mol. The topological polar surface area (TPSA) is 29.5 Å². The number of benzene rings is 1. The molecular weight excluding hydrogens is 220 g/mol. The first-order valence-corrected chi connectivity index (χ1v) is 5.51. The molecule has 0 spiro atoms. The van der Waals surface area contributed by atoms with Crippen molar-refractivity contribution in [2.24, 2.45) is 0 Å². The number of halogens is 1. The van der Waals surface area contributed by atoms with Gasteiger partial charge in [-0.2, -0.15) is 0 Å². The molecule has 14 heavy (non-hydrogen) atoms. The molecule has 0 bridgehead atoms. The van der Waals surface area contributed by atoms with E-state index < -0.39 is 0 Å². The summed E-state index contributed by atoms with van der Waals surface area (Å²) in [5, 5.41) is 13.2. The van der Waals surface area contributed by atoms with Gasteiger partial charge in [-0.15, -0.1) is 11.3 Å². The molecule has 0 saturated heterocycles. The lowest BCUT2D eigenvalue weighted by molar-refractivity contribution is 0.320. The van der Waals surface area contributed by atoms with Gasteiger partial charge in [0.2, 0.25) is 0 Å². The van der Waals surface area contributed by atoms with Crippen molar-refractivity contribution in [2.45, 2.75) is 6.92 Å². The first-order chi connectivity index (χ1) is 6.74. The van der Waals surface area contributed by atoms with E-state index in [-0.39, 0.29) is 5.75 Å². The minimum absolute atomic E-state index is 0.182. The summed E-state index contributed by atoms with van der Waals surface area (Å²) >= 11 is 7.35. The van der Waals surface area contributed by atoms with Crippen molar-refractivity contribution in [3.8, 4) is 11.5 Å². The molecule has 0 aliphatic rings. The zero-order valence-corrected chi connectivity index (χ0v) is 9.15. The summed E-state index contributed by atoms with van der Waals surface area (Å²) in [6.07, 6.45) is 0. The van der Waals surface area contributed by atoms with Gasteiger partial charge in [0, 0.05) is 10.8 Å². The summed E-state index contributed by atoms with van der Waals surface area (Å²) in [5.41, 5.74) is 0. The van der Waals surface area contributed by atoms with E-state index in [9.17, 15) is 5.11 Å². The van der Waals surface area contributed by atoms with E-state index in [0.717, 1.165) is 10.1 Å². The normalized spacial score (nSPS) is 10.7. The highest BCUT2D eigenvalue weighted by molar-refractivity contribution is 7.18. The van der Waals surface area contributed by atoms with Gasteiger partial charge in [0.05, 0.1) is 16.3 Å². The molecule has 4 heteroatoms. The maximum atomic E-state index is 9.82. The van der Waals surface area contributed by atoms with Crippen molar-refractivity contribution in [3.05, 3.63) is 22.5 Å². The maximum absolute atomic E-state index is 9.82. The molecule has 0 aliphatic heterocycles. The number of fused-ring (bicyclic) bond motifs is 1. The lowest BCUT2D eigenvalue weighted by atomic mass is 10.2. The molecule has 1 heterocycles. The fourth-order valence-corrected chi connectivity index (χ4v) is 2.52. The number of hydrogen-bond donors (Lipinski definition) is 1. The van der Waals surface area contributed by atoms with E-state index >= 15 is 0 Å². The van der Waals surface area contributed by atoms with Crippen LogP contribution >= 0.6 is 22.9 Å². The van der Waals surface area contributed by atoms with Crippen LogP contribution in [-0.4, -0.2) is 11.7 Å². The quantitative estimate of drug-likeness (QED) is 0.850. The Bertz CT molecular complexity index is 464. The van der Waals surface area contributed by atoms with Crippen LogP contribution in [0.3, 0.4) is 0 Å². The molecule has 0 amide bonds. The Balaban J connectivity index is 2.63. The highest BCUT2D eigenvalue weighted by Crippen LogP contribution is 2.41. The van der Waals surface area contributed by atoms with E-state index in [0.29, 0.717) is 17.4 Å². The molecular formula is C10H9ClO2S. The van der Waals surface area contributed by atoms with Crippen LogP contribution < -0.4 is 4.74 Å². The number of phenols is 1. The highest BCUT2D eigenvalue weighted by atomic mass is 35.5. The Morgan fingerprint density at radius 1 is 1.50 bits per heavy atom. The zero-order valence-electron chi connectivity index (χ0n) is 7.58. The Morgan fingerprint density at radius 3 is 3.00 bits per heavy atom. The van der Waals surface area contributed by atoms with Crippen molar-refractivity contribution in [3.63, 3.8) is 0 Å². The van der Waals surface area contributed by atoms with Crippen molar-refractivity contribution in [1.29, 1.82) is 0 Å². The fraction of sp³-hybridized carbons (Fsp3) is 0.200. The lowest BCUT2D eigenvalue weighted by Crippen LogP contribution is -1.91. The number of thiophene rings is 1. The molecule has 0 atom stereocenters. The molecule has 74 valence electrons. The number of hydrogen-bond acceptors (Lipinski definition) is 3. The molecule has 0 saturated carbocycles. The van der Waals surface area contributed by atoms with Gasteiger partial charge >= 0.3 is 0 Å². The minimum Gasteiger partial charge on any atom is -0.503 e. The van der Waals surface area contributed by atoms with Crippen LogP contribution in [0, 0.1) is 0 Å². The van der Waals surface area contributed by atoms with Crippen LogP contribution in [-0.2, 0) is 0 Å². The molecule has 1 N–H and O–H groups in total. The summed E-state index contributed by atoms with van der Waals surface area (Å²) in [6, 6.07) is 3.60. The Morgan fingerprint density at radius 2 is 2.29 bits per heavy atom. The summed E-state index contributed by atoms with van der Waals surface area (Å²) in [6.45, 7) is 2.42. The van der Waals surface area contributed by atoms with E-state index in [2.05, 4.69) is 0 Å². The van der Waals surface area contributed by atoms with Crippen molar-refractivity contribution in [1.82, 2.24) is 0 Å². The maximum Gasteiger partial charge on any atom is 0.175 e. The van der Waals surface area contributed by atoms with Gasteiger partial charge < -0.3 is 9.84 Å². The van der Waals surface area contributed by atoms with Gasteiger partial charge in [-0.05, 0) is 19.1 Å². The van der Waals surface area contributed by atoms with Crippen LogP contribution in [0.5, 0.6) is 11.5 Å². The van der Waals surface area contributed by atoms with E-state index in [1.165, 1.54) is 11.3 Å². The molecule has 2 rings (SSSR count). The molecule has 1 aromatic heterocycles. The second kappa shape index (κ2) is 3.67. The third-order valence-electron chi connectivity index (χ3n) is 1.93. The summed E-state index contributed by atoms with van der Waals surface area (Å²) < 4.78 is 6.05. The minimum atomic E-state index is 0.182. The first kappa shape index (κ1) is 9.62. The van der Waals surface area contributed by atoms with Gasteiger partial charge in [0.25, 0.3) is 0 Å². The smallest absolute Gasteiger partial charge is 0.175 e. The van der Waals surface area contributed by atoms with Gasteiger partial charge in [-0.1, -0.05) is 11.6 Å². The first-order valence-electron chi connectivity index (χ1n) is 4.25.